The van der Waals surface area contributed by atoms with Gasteiger partial charge < -0.3 is 24.3 Å². The molecule has 1 aromatic heterocycles. The van der Waals surface area contributed by atoms with Crippen LogP contribution in [0.5, 0.6) is 0 Å². The Balaban J connectivity index is 1.73. The summed E-state index contributed by atoms with van der Waals surface area (Å²) in [7, 11) is 0. The molecule has 8 nitrogen and oxygen atoms in total. The fourth-order valence-electron chi connectivity index (χ4n) is 3.80. The van der Waals surface area contributed by atoms with Gasteiger partial charge in [0.05, 0.1) is 19.8 Å². The van der Waals surface area contributed by atoms with Crippen LogP contribution in [0.4, 0.5) is 4.79 Å². The monoisotopic (exact) mass is 470 g/mol. The highest BCUT2D eigenvalue weighted by Gasteiger charge is 2.26. The largest absolute Gasteiger partial charge is 0.464 e. The van der Waals surface area contributed by atoms with E-state index in [1.165, 1.54) is 0 Å². The second kappa shape index (κ2) is 12.0. The maximum absolute atomic E-state index is 13.5. The lowest BCUT2D eigenvalue weighted by molar-refractivity contribution is -0.133. The Hall–Kier alpha value is -2.84. The fraction of sp³-hybridized carbons (Fsp3) is 0.538. The van der Waals surface area contributed by atoms with Crippen molar-refractivity contribution in [2.75, 3.05) is 45.9 Å². The third-order valence-corrected chi connectivity index (χ3v) is 5.60. The smallest absolute Gasteiger partial charge is 0.318 e. The molecule has 2 aromatic rings. The van der Waals surface area contributed by atoms with Crippen molar-refractivity contribution in [3.8, 4) is 0 Å². The first-order chi connectivity index (χ1) is 16.2. The van der Waals surface area contributed by atoms with Gasteiger partial charge in [0.2, 0.25) is 5.91 Å². The molecule has 1 aliphatic rings. The molecule has 34 heavy (non-hydrogen) atoms. The molecule has 3 amide bonds. The molecule has 0 spiro atoms. The van der Waals surface area contributed by atoms with Crippen molar-refractivity contribution in [3.05, 3.63) is 59.5 Å². The molecule has 0 unspecified atom stereocenters. The van der Waals surface area contributed by atoms with Crippen molar-refractivity contribution >= 4 is 11.9 Å². The first-order valence-corrected chi connectivity index (χ1v) is 11.9. The summed E-state index contributed by atoms with van der Waals surface area (Å²) in [4.78, 5) is 32.2. The molecule has 1 aliphatic heterocycles. The van der Waals surface area contributed by atoms with Crippen molar-refractivity contribution < 1.29 is 18.7 Å². The molecular weight excluding hydrogens is 432 g/mol. The zero-order valence-electron chi connectivity index (χ0n) is 20.9. The van der Waals surface area contributed by atoms with E-state index in [-0.39, 0.29) is 18.5 Å². The van der Waals surface area contributed by atoms with Gasteiger partial charge >= 0.3 is 6.03 Å². The highest BCUT2D eigenvalue weighted by atomic mass is 16.5. The Kier molecular flexibility index (Phi) is 9.12. The van der Waals surface area contributed by atoms with E-state index in [2.05, 4.69) is 10.2 Å². The predicted molar refractivity (Wildman–Crippen MR) is 131 cm³/mol. The van der Waals surface area contributed by atoms with Crippen LogP contribution in [0, 0.1) is 6.92 Å². The summed E-state index contributed by atoms with van der Waals surface area (Å²) in [6.07, 6.45) is 0. The van der Waals surface area contributed by atoms with Crippen molar-refractivity contribution in [2.24, 2.45) is 0 Å². The van der Waals surface area contributed by atoms with Crippen LogP contribution < -0.4 is 5.32 Å². The average molecular weight is 471 g/mol. The quantitative estimate of drug-likeness (QED) is 0.609. The first kappa shape index (κ1) is 25.8. The normalized spacial score (nSPS) is 14.6. The summed E-state index contributed by atoms with van der Waals surface area (Å²) in [6, 6.07) is 13.4. The number of aryl methyl sites for hydroxylation is 1. The van der Waals surface area contributed by atoms with E-state index in [9.17, 15) is 9.59 Å². The lowest BCUT2D eigenvalue weighted by Gasteiger charge is -2.33. The van der Waals surface area contributed by atoms with E-state index in [1.54, 1.807) is 9.80 Å². The second-order valence-electron chi connectivity index (χ2n) is 9.80. The second-order valence-corrected chi connectivity index (χ2v) is 9.80. The summed E-state index contributed by atoms with van der Waals surface area (Å²) in [5.74, 6) is 1.41. The number of morpholine rings is 1. The van der Waals surface area contributed by atoms with E-state index in [0.717, 1.165) is 30.2 Å². The topological polar surface area (TPSA) is 78.3 Å². The maximum Gasteiger partial charge on any atom is 0.318 e. The highest BCUT2D eigenvalue weighted by Crippen LogP contribution is 2.14. The number of benzene rings is 1. The van der Waals surface area contributed by atoms with Crippen LogP contribution >= 0.6 is 0 Å². The van der Waals surface area contributed by atoms with Gasteiger partial charge in [0.15, 0.2) is 0 Å². The van der Waals surface area contributed by atoms with Gasteiger partial charge in [-0.05, 0) is 45.4 Å². The number of amides is 3. The van der Waals surface area contributed by atoms with E-state index in [4.69, 9.17) is 9.15 Å². The third-order valence-electron chi connectivity index (χ3n) is 5.60. The summed E-state index contributed by atoms with van der Waals surface area (Å²) in [5.41, 5.74) is 0.630. The van der Waals surface area contributed by atoms with E-state index >= 15 is 0 Å². The van der Waals surface area contributed by atoms with Gasteiger partial charge in [-0.25, -0.2) is 4.79 Å². The summed E-state index contributed by atoms with van der Waals surface area (Å²) >= 11 is 0. The predicted octanol–water partition coefficient (Wildman–Crippen LogP) is 3.26. The van der Waals surface area contributed by atoms with Gasteiger partial charge in [0, 0.05) is 38.3 Å². The Morgan fingerprint density at radius 3 is 2.32 bits per heavy atom. The number of nitrogens with zero attached hydrogens (tertiary/aromatic N) is 3. The van der Waals surface area contributed by atoms with E-state index in [0.29, 0.717) is 39.4 Å². The molecular formula is C26H38N4O4. The summed E-state index contributed by atoms with van der Waals surface area (Å²) in [5, 5.41) is 3.01. The highest BCUT2D eigenvalue weighted by molar-refractivity contribution is 5.84. The van der Waals surface area contributed by atoms with Crippen LogP contribution in [0.15, 0.2) is 46.9 Å². The van der Waals surface area contributed by atoms with Gasteiger partial charge in [-0.15, -0.1) is 0 Å². The minimum Gasteiger partial charge on any atom is -0.464 e. The van der Waals surface area contributed by atoms with Crippen LogP contribution in [0.2, 0.25) is 0 Å². The van der Waals surface area contributed by atoms with E-state index in [1.807, 2.05) is 70.2 Å². The number of rotatable bonds is 9. The molecule has 1 fully saturated rings. The lowest BCUT2D eigenvalue weighted by Crippen LogP contribution is -2.53. The molecule has 0 aliphatic carbocycles. The molecule has 1 saturated heterocycles. The van der Waals surface area contributed by atoms with Gasteiger partial charge in [-0.1, -0.05) is 30.3 Å². The number of carbonyl (C=O) groups excluding carboxylic acids is 2. The molecule has 186 valence electrons. The number of carbonyl (C=O) groups is 2. The molecule has 1 aromatic carbocycles. The van der Waals surface area contributed by atoms with Gasteiger partial charge in [-0.2, -0.15) is 0 Å². The van der Waals surface area contributed by atoms with Crippen molar-refractivity contribution in [3.63, 3.8) is 0 Å². The summed E-state index contributed by atoms with van der Waals surface area (Å²) < 4.78 is 11.2. The van der Waals surface area contributed by atoms with E-state index < -0.39 is 5.54 Å². The van der Waals surface area contributed by atoms with Crippen LogP contribution in [0.3, 0.4) is 0 Å². The van der Waals surface area contributed by atoms with Crippen molar-refractivity contribution in [1.82, 2.24) is 20.0 Å². The van der Waals surface area contributed by atoms with Crippen LogP contribution in [0.25, 0.3) is 0 Å². The van der Waals surface area contributed by atoms with Crippen LogP contribution in [-0.2, 0) is 22.6 Å². The van der Waals surface area contributed by atoms with Crippen molar-refractivity contribution in [1.29, 1.82) is 0 Å². The average Bonchev–Trinajstić information content (AvgIpc) is 3.20. The number of urea groups is 1. The number of hydrogen-bond donors (Lipinski definition) is 1. The zero-order valence-corrected chi connectivity index (χ0v) is 20.9. The fourth-order valence-corrected chi connectivity index (χ4v) is 3.80. The van der Waals surface area contributed by atoms with Crippen molar-refractivity contribution in [2.45, 2.75) is 46.3 Å². The standard InChI is InChI=1S/C26H38N4O4/c1-21-10-11-23(34-21)19-30(18-22-8-6-5-7-9-22)24(31)20-29(25(32)27-26(2,3)4)13-12-28-14-16-33-17-15-28/h5-11H,12-20H2,1-4H3,(H,27,32). The molecule has 8 heteroatoms. The SMILES string of the molecule is Cc1ccc(CN(Cc2ccccc2)C(=O)CN(CCN2CCOCC2)C(=O)NC(C)(C)C)o1. The van der Waals surface area contributed by atoms with Gasteiger partial charge in [0.25, 0.3) is 0 Å². The number of nitrogens with one attached hydrogen (secondary N) is 1. The zero-order chi connectivity index (χ0) is 24.6. The van der Waals surface area contributed by atoms with Crippen LogP contribution in [0.1, 0.15) is 37.9 Å². The number of furan rings is 1. The molecule has 0 radical (unpaired) electrons. The number of hydrogen-bond acceptors (Lipinski definition) is 5. The molecule has 0 saturated carbocycles. The molecule has 0 bridgehead atoms. The summed E-state index contributed by atoms with van der Waals surface area (Å²) in [6.45, 7) is 12.7. The Bertz CT molecular complexity index is 916. The molecule has 1 N–H and O–H groups in total. The van der Waals surface area contributed by atoms with Gasteiger partial charge in [0.1, 0.15) is 18.1 Å². The first-order valence-electron chi connectivity index (χ1n) is 11.9. The number of ether oxygens (including phenoxy) is 1. The molecule has 3 rings (SSSR count). The Morgan fingerprint density at radius 2 is 1.71 bits per heavy atom. The van der Waals surface area contributed by atoms with Crippen LogP contribution in [-0.4, -0.2) is 78.1 Å². The maximum atomic E-state index is 13.5. The minimum atomic E-state index is -0.396. The minimum absolute atomic E-state index is 0.00121. The van der Waals surface area contributed by atoms with Gasteiger partial charge in [-0.3, -0.25) is 9.69 Å². The Labute approximate surface area is 202 Å². The molecule has 0 atom stereocenters. The molecule has 2 heterocycles. The lowest BCUT2D eigenvalue weighted by atomic mass is 10.1. The Morgan fingerprint density at radius 1 is 1.00 bits per heavy atom. The third kappa shape index (κ3) is 8.50.